The molecular formula is C12H14ClN3O. The summed E-state index contributed by atoms with van der Waals surface area (Å²) in [4.78, 5) is 13.3. The number of halogens is 1. The zero-order valence-electron chi connectivity index (χ0n) is 9.77. The first-order chi connectivity index (χ1) is 8.04. The molecule has 5 heteroatoms. The fraction of sp³-hybridized carbons (Fsp3) is 0.333. The average molecular weight is 252 g/mol. The third-order valence-electron chi connectivity index (χ3n) is 2.20. The number of urea groups is 1. The van der Waals surface area contributed by atoms with Crippen molar-refractivity contribution in [2.24, 2.45) is 0 Å². The maximum absolute atomic E-state index is 11.9. The molecule has 0 saturated heterocycles. The van der Waals surface area contributed by atoms with E-state index in [9.17, 15) is 4.79 Å². The number of rotatable bonds is 3. The second-order valence-corrected chi connectivity index (χ2v) is 4.26. The van der Waals surface area contributed by atoms with Crippen molar-refractivity contribution in [3.63, 3.8) is 0 Å². The first kappa shape index (κ1) is 13.3. The van der Waals surface area contributed by atoms with Crippen LogP contribution in [-0.2, 0) is 0 Å². The largest absolute Gasteiger partial charge is 0.322 e. The predicted molar refractivity (Wildman–Crippen MR) is 67.9 cm³/mol. The summed E-state index contributed by atoms with van der Waals surface area (Å²) >= 11 is 5.81. The number of nitrogens with zero attached hydrogens (tertiary/aromatic N) is 2. The number of anilines is 1. The normalized spacial score (nSPS) is 9.82. The van der Waals surface area contributed by atoms with Crippen LogP contribution in [-0.4, -0.2) is 23.5 Å². The molecule has 0 aromatic heterocycles. The topological polar surface area (TPSA) is 56.1 Å². The van der Waals surface area contributed by atoms with Crippen LogP contribution in [0.15, 0.2) is 24.3 Å². The Morgan fingerprint density at radius 2 is 2.29 bits per heavy atom. The minimum absolute atomic E-state index is 0.0335. The van der Waals surface area contributed by atoms with E-state index in [2.05, 4.69) is 5.32 Å². The number of amides is 2. The van der Waals surface area contributed by atoms with Gasteiger partial charge in [-0.2, -0.15) is 5.26 Å². The van der Waals surface area contributed by atoms with E-state index in [0.29, 0.717) is 10.7 Å². The van der Waals surface area contributed by atoms with Crippen molar-refractivity contribution in [2.45, 2.75) is 19.9 Å². The van der Waals surface area contributed by atoms with Crippen LogP contribution in [0.25, 0.3) is 0 Å². The third kappa shape index (κ3) is 3.97. The van der Waals surface area contributed by atoms with Crippen molar-refractivity contribution in [3.8, 4) is 6.07 Å². The van der Waals surface area contributed by atoms with E-state index in [4.69, 9.17) is 16.9 Å². The monoisotopic (exact) mass is 251 g/mol. The molecule has 0 spiro atoms. The highest BCUT2D eigenvalue weighted by Gasteiger charge is 2.16. The second-order valence-electron chi connectivity index (χ2n) is 3.82. The van der Waals surface area contributed by atoms with E-state index in [1.807, 2.05) is 19.9 Å². The van der Waals surface area contributed by atoms with Gasteiger partial charge in [0.15, 0.2) is 0 Å². The molecule has 0 radical (unpaired) electrons. The van der Waals surface area contributed by atoms with Gasteiger partial charge in [-0.05, 0) is 32.0 Å². The maximum Gasteiger partial charge on any atom is 0.322 e. The molecule has 0 aliphatic rings. The van der Waals surface area contributed by atoms with Crippen molar-refractivity contribution < 1.29 is 4.79 Å². The van der Waals surface area contributed by atoms with E-state index in [1.54, 1.807) is 24.3 Å². The van der Waals surface area contributed by atoms with Crippen LogP contribution in [0.5, 0.6) is 0 Å². The number of nitrogens with one attached hydrogen (secondary N) is 1. The minimum Gasteiger partial charge on any atom is -0.309 e. The van der Waals surface area contributed by atoms with E-state index in [0.717, 1.165) is 0 Å². The smallest absolute Gasteiger partial charge is 0.309 e. The van der Waals surface area contributed by atoms with Crippen LogP contribution in [0.4, 0.5) is 10.5 Å². The molecule has 17 heavy (non-hydrogen) atoms. The zero-order chi connectivity index (χ0) is 12.8. The third-order valence-corrected chi connectivity index (χ3v) is 2.44. The Labute approximate surface area is 106 Å². The van der Waals surface area contributed by atoms with Gasteiger partial charge in [0.2, 0.25) is 0 Å². The molecule has 0 unspecified atom stereocenters. The van der Waals surface area contributed by atoms with Crippen LogP contribution in [0, 0.1) is 11.3 Å². The van der Waals surface area contributed by atoms with Gasteiger partial charge >= 0.3 is 6.03 Å². The standard InChI is InChI=1S/C12H14ClN3O/c1-9(2)16(7-6-14)12(17)15-11-5-3-4-10(13)8-11/h3-5,8-9H,7H2,1-2H3,(H,15,17). The molecule has 0 aliphatic heterocycles. The number of carbonyl (C=O) groups excluding carboxylic acids is 1. The summed E-state index contributed by atoms with van der Waals surface area (Å²) in [6.45, 7) is 3.77. The SMILES string of the molecule is CC(C)N(CC#N)C(=O)Nc1cccc(Cl)c1. The summed E-state index contributed by atoms with van der Waals surface area (Å²) in [7, 11) is 0. The lowest BCUT2D eigenvalue weighted by atomic mass is 10.3. The highest BCUT2D eigenvalue weighted by atomic mass is 35.5. The van der Waals surface area contributed by atoms with Gasteiger partial charge in [-0.3, -0.25) is 0 Å². The summed E-state index contributed by atoms with van der Waals surface area (Å²) in [5.41, 5.74) is 0.617. The molecule has 4 nitrogen and oxygen atoms in total. The van der Waals surface area contributed by atoms with E-state index in [1.165, 1.54) is 4.90 Å². The Kier molecular flexibility index (Phi) is 4.80. The van der Waals surface area contributed by atoms with Crippen molar-refractivity contribution in [1.82, 2.24) is 4.90 Å². The summed E-state index contributed by atoms with van der Waals surface area (Å²) in [5.74, 6) is 0. The van der Waals surface area contributed by atoms with Gasteiger partial charge in [0.25, 0.3) is 0 Å². The Morgan fingerprint density at radius 3 is 2.82 bits per heavy atom. The molecule has 1 aromatic rings. The Balaban J connectivity index is 2.74. The van der Waals surface area contributed by atoms with Gasteiger partial charge in [0, 0.05) is 16.8 Å². The molecular weight excluding hydrogens is 238 g/mol. The van der Waals surface area contributed by atoms with Gasteiger partial charge in [0.1, 0.15) is 6.54 Å². The van der Waals surface area contributed by atoms with Crippen LogP contribution >= 0.6 is 11.6 Å². The lowest BCUT2D eigenvalue weighted by Crippen LogP contribution is -2.40. The van der Waals surface area contributed by atoms with Crippen molar-refractivity contribution in [2.75, 3.05) is 11.9 Å². The summed E-state index contributed by atoms with van der Waals surface area (Å²) in [6.07, 6.45) is 0. The molecule has 0 saturated carbocycles. The fourth-order valence-corrected chi connectivity index (χ4v) is 1.52. The van der Waals surface area contributed by atoms with Crippen LogP contribution < -0.4 is 5.32 Å². The number of hydrogen-bond acceptors (Lipinski definition) is 2. The van der Waals surface area contributed by atoms with Crippen molar-refractivity contribution in [3.05, 3.63) is 29.3 Å². The van der Waals surface area contributed by atoms with Gasteiger partial charge in [-0.1, -0.05) is 17.7 Å². The Morgan fingerprint density at radius 1 is 1.59 bits per heavy atom. The molecule has 0 atom stereocenters. The molecule has 0 heterocycles. The van der Waals surface area contributed by atoms with Crippen LogP contribution in [0.2, 0.25) is 5.02 Å². The molecule has 1 aromatic carbocycles. The van der Waals surface area contributed by atoms with Crippen molar-refractivity contribution in [1.29, 1.82) is 5.26 Å². The highest BCUT2D eigenvalue weighted by Crippen LogP contribution is 2.15. The van der Waals surface area contributed by atoms with Gasteiger partial charge < -0.3 is 10.2 Å². The maximum atomic E-state index is 11.9. The van der Waals surface area contributed by atoms with E-state index in [-0.39, 0.29) is 18.6 Å². The molecule has 0 bridgehead atoms. The van der Waals surface area contributed by atoms with Crippen molar-refractivity contribution >= 4 is 23.3 Å². The lowest BCUT2D eigenvalue weighted by molar-refractivity contribution is 0.205. The highest BCUT2D eigenvalue weighted by molar-refractivity contribution is 6.30. The van der Waals surface area contributed by atoms with Gasteiger partial charge in [-0.15, -0.1) is 0 Å². The number of carbonyl (C=O) groups is 1. The van der Waals surface area contributed by atoms with Crippen LogP contribution in [0.1, 0.15) is 13.8 Å². The average Bonchev–Trinajstić information content (AvgIpc) is 2.25. The molecule has 0 aliphatic carbocycles. The van der Waals surface area contributed by atoms with Gasteiger partial charge in [0.05, 0.1) is 6.07 Å². The quantitative estimate of drug-likeness (QED) is 0.840. The lowest BCUT2D eigenvalue weighted by Gasteiger charge is -2.24. The molecule has 90 valence electrons. The summed E-state index contributed by atoms with van der Waals surface area (Å²) < 4.78 is 0. The first-order valence-corrected chi connectivity index (χ1v) is 5.62. The predicted octanol–water partition coefficient (Wildman–Crippen LogP) is 3.11. The van der Waals surface area contributed by atoms with E-state index >= 15 is 0 Å². The molecule has 2 amide bonds. The first-order valence-electron chi connectivity index (χ1n) is 5.24. The Bertz CT molecular complexity index is 440. The molecule has 1 rings (SSSR count). The number of hydrogen-bond donors (Lipinski definition) is 1. The zero-order valence-corrected chi connectivity index (χ0v) is 10.5. The van der Waals surface area contributed by atoms with E-state index < -0.39 is 0 Å². The van der Waals surface area contributed by atoms with Crippen LogP contribution in [0.3, 0.4) is 0 Å². The molecule has 0 fully saturated rings. The second kappa shape index (κ2) is 6.12. The summed E-state index contributed by atoms with van der Waals surface area (Å²) in [5, 5.41) is 11.9. The number of nitriles is 1. The minimum atomic E-state index is -0.302. The number of benzene rings is 1. The fourth-order valence-electron chi connectivity index (χ4n) is 1.33. The Hall–Kier alpha value is -1.73. The summed E-state index contributed by atoms with van der Waals surface area (Å²) in [6, 6.07) is 8.51. The van der Waals surface area contributed by atoms with Gasteiger partial charge in [-0.25, -0.2) is 4.79 Å². The molecule has 1 N–H and O–H groups in total.